The lowest BCUT2D eigenvalue weighted by Crippen LogP contribution is -2.29. The van der Waals surface area contributed by atoms with Gasteiger partial charge in [-0.05, 0) is 63.1 Å². The Morgan fingerprint density at radius 3 is 2.31 bits per heavy atom. The average molecular weight is 355 g/mol. The van der Waals surface area contributed by atoms with E-state index in [4.69, 9.17) is 9.47 Å². The molecule has 2 aromatic carbocycles. The van der Waals surface area contributed by atoms with Gasteiger partial charge in [0, 0.05) is 11.3 Å². The highest BCUT2D eigenvalue weighted by atomic mass is 16.6. The van der Waals surface area contributed by atoms with Gasteiger partial charge >= 0.3 is 5.97 Å². The van der Waals surface area contributed by atoms with Gasteiger partial charge in [0.2, 0.25) is 0 Å². The molecule has 0 radical (unpaired) electrons. The highest BCUT2D eigenvalue weighted by Gasteiger charge is 2.18. The first-order valence-electron chi connectivity index (χ1n) is 8.75. The summed E-state index contributed by atoms with van der Waals surface area (Å²) in [7, 11) is 0. The zero-order valence-electron chi connectivity index (χ0n) is 15.6. The van der Waals surface area contributed by atoms with Crippen molar-refractivity contribution >= 4 is 17.6 Å². The van der Waals surface area contributed by atoms with Crippen molar-refractivity contribution in [2.45, 2.75) is 46.3 Å². The molecule has 5 heteroatoms. The number of ether oxygens (including phenoxy) is 2. The first-order chi connectivity index (χ1) is 12.4. The van der Waals surface area contributed by atoms with Crippen molar-refractivity contribution in [3.8, 4) is 5.75 Å². The van der Waals surface area contributed by atoms with E-state index >= 15 is 0 Å². The Kier molecular flexibility index (Phi) is 6.78. The quantitative estimate of drug-likeness (QED) is 0.750. The highest BCUT2D eigenvalue weighted by molar-refractivity contribution is 6.04. The number of aryl methyl sites for hydroxylation is 1. The maximum Gasteiger partial charge on any atom is 0.347 e. The number of anilines is 1. The van der Waals surface area contributed by atoms with Crippen molar-refractivity contribution in [3.05, 3.63) is 59.7 Å². The number of esters is 1. The molecule has 5 nitrogen and oxygen atoms in total. The van der Waals surface area contributed by atoms with Crippen LogP contribution in [-0.2, 0) is 9.53 Å². The largest absolute Gasteiger partial charge is 0.479 e. The molecular weight excluding hydrogens is 330 g/mol. The van der Waals surface area contributed by atoms with Crippen molar-refractivity contribution in [1.82, 2.24) is 0 Å². The minimum absolute atomic E-state index is 0.138. The summed E-state index contributed by atoms with van der Waals surface area (Å²) < 4.78 is 10.8. The van der Waals surface area contributed by atoms with Gasteiger partial charge in [0.1, 0.15) is 5.75 Å². The molecule has 0 unspecified atom stereocenters. The summed E-state index contributed by atoms with van der Waals surface area (Å²) in [5.74, 6) is -0.0955. The predicted octanol–water partition coefficient (Wildman–Crippen LogP) is 4.36. The molecule has 0 aliphatic carbocycles. The first kappa shape index (κ1) is 19.5. The molecule has 0 saturated heterocycles. The normalized spacial score (nSPS) is 12.8. The topological polar surface area (TPSA) is 64.6 Å². The Morgan fingerprint density at radius 2 is 1.69 bits per heavy atom. The zero-order chi connectivity index (χ0) is 19.1. The fourth-order valence-electron chi connectivity index (χ4n) is 2.22. The average Bonchev–Trinajstić information content (AvgIpc) is 2.63. The summed E-state index contributed by atoms with van der Waals surface area (Å²) >= 11 is 0. The van der Waals surface area contributed by atoms with Gasteiger partial charge in [-0.3, -0.25) is 4.79 Å². The Hall–Kier alpha value is -2.82. The van der Waals surface area contributed by atoms with Crippen molar-refractivity contribution in [1.29, 1.82) is 0 Å². The molecule has 1 N–H and O–H groups in total. The van der Waals surface area contributed by atoms with Crippen LogP contribution in [0.3, 0.4) is 0 Å². The number of carbonyl (C=O) groups excluding carboxylic acids is 2. The molecule has 2 aromatic rings. The molecule has 0 aliphatic rings. The third kappa shape index (κ3) is 5.34. The minimum Gasteiger partial charge on any atom is -0.479 e. The number of nitrogens with one attached hydrogen (secondary N) is 1. The van der Waals surface area contributed by atoms with Gasteiger partial charge in [-0.2, -0.15) is 0 Å². The van der Waals surface area contributed by atoms with Gasteiger partial charge in [-0.15, -0.1) is 0 Å². The summed E-state index contributed by atoms with van der Waals surface area (Å²) in [6.07, 6.45) is -0.0971. The van der Waals surface area contributed by atoms with Crippen LogP contribution in [0.4, 0.5) is 5.69 Å². The Labute approximate surface area is 154 Å². The molecule has 138 valence electrons. The lowest BCUT2D eigenvalue weighted by Gasteiger charge is -2.17. The third-order valence-electron chi connectivity index (χ3n) is 4.05. The molecule has 0 aliphatic heterocycles. The summed E-state index contributed by atoms with van der Waals surface area (Å²) in [5.41, 5.74) is 2.28. The van der Waals surface area contributed by atoms with E-state index in [0.29, 0.717) is 11.3 Å². The number of amides is 1. The van der Waals surface area contributed by atoms with E-state index in [1.807, 2.05) is 45.0 Å². The van der Waals surface area contributed by atoms with Crippen LogP contribution >= 0.6 is 0 Å². The number of para-hydroxylation sites is 1. The van der Waals surface area contributed by atoms with E-state index in [-0.39, 0.29) is 12.0 Å². The molecule has 0 bridgehead atoms. The fourth-order valence-corrected chi connectivity index (χ4v) is 2.22. The molecule has 2 rings (SSSR count). The molecule has 26 heavy (non-hydrogen) atoms. The summed E-state index contributed by atoms with van der Waals surface area (Å²) in [6, 6.07) is 14.2. The highest BCUT2D eigenvalue weighted by Crippen LogP contribution is 2.18. The first-order valence-corrected chi connectivity index (χ1v) is 8.75. The fraction of sp³-hybridized carbons (Fsp3) is 0.333. The van der Waals surface area contributed by atoms with Crippen LogP contribution in [0.5, 0.6) is 5.75 Å². The second-order valence-electron chi connectivity index (χ2n) is 6.21. The van der Waals surface area contributed by atoms with E-state index in [1.165, 1.54) is 0 Å². The molecular formula is C21H25NO4. The standard InChI is InChI=1S/C21H25NO4/c1-5-15(3)25-21(24)16(4)26-18-12-10-17(11-13-18)20(23)22-19-9-7-6-8-14(19)2/h6-13,15-16H,5H2,1-4H3,(H,22,23)/t15-,16-/m0/s1. The number of carbonyl (C=O) groups is 2. The van der Waals surface area contributed by atoms with Crippen LogP contribution in [0.25, 0.3) is 0 Å². The van der Waals surface area contributed by atoms with Crippen LogP contribution in [0.2, 0.25) is 0 Å². The lowest BCUT2D eigenvalue weighted by atomic mass is 10.1. The Morgan fingerprint density at radius 1 is 1.04 bits per heavy atom. The monoisotopic (exact) mass is 355 g/mol. The van der Waals surface area contributed by atoms with E-state index < -0.39 is 12.1 Å². The second-order valence-corrected chi connectivity index (χ2v) is 6.21. The predicted molar refractivity (Wildman–Crippen MR) is 102 cm³/mol. The Balaban J connectivity index is 1.96. The molecule has 0 heterocycles. The van der Waals surface area contributed by atoms with E-state index in [2.05, 4.69) is 5.32 Å². The van der Waals surface area contributed by atoms with E-state index in [0.717, 1.165) is 17.7 Å². The third-order valence-corrected chi connectivity index (χ3v) is 4.05. The number of hydrogen-bond donors (Lipinski definition) is 1. The van der Waals surface area contributed by atoms with Gasteiger partial charge in [-0.25, -0.2) is 4.79 Å². The van der Waals surface area contributed by atoms with Gasteiger partial charge < -0.3 is 14.8 Å². The maximum atomic E-state index is 12.3. The Bertz CT molecular complexity index is 755. The SMILES string of the molecule is CC[C@H](C)OC(=O)[C@H](C)Oc1ccc(C(=O)Nc2ccccc2C)cc1. The molecule has 0 fully saturated rings. The van der Waals surface area contributed by atoms with Crippen molar-refractivity contribution in [2.24, 2.45) is 0 Å². The van der Waals surface area contributed by atoms with Crippen LogP contribution < -0.4 is 10.1 Å². The summed E-state index contributed by atoms with van der Waals surface area (Å²) in [5, 5.41) is 2.88. The smallest absolute Gasteiger partial charge is 0.347 e. The van der Waals surface area contributed by atoms with Crippen molar-refractivity contribution < 1.29 is 19.1 Å². The molecule has 0 saturated carbocycles. The number of rotatable bonds is 7. The van der Waals surface area contributed by atoms with E-state index in [9.17, 15) is 9.59 Å². The maximum absolute atomic E-state index is 12.3. The van der Waals surface area contributed by atoms with E-state index in [1.54, 1.807) is 31.2 Å². The second kappa shape index (κ2) is 9.04. The zero-order valence-corrected chi connectivity index (χ0v) is 15.6. The number of benzene rings is 2. The molecule has 0 spiro atoms. The van der Waals surface area contributed by atoms with Crippen LogP contribution in [0.1, 0.15) is 43.1 Å². The van der Waals surface area contributed by atoms with Gasteiger partial charge in [0.15, 0.2) is 6.10 Å². The molecule has 1 amide bonds. The number of hydrogen-bond acceptors (Lipinski definition) is 4. The minimum atomic E-state index is -0.712. The van der Waals surface area contributed by atoms with Crippen LogP contribution in [-0.4, -0.2) is 24.1 Å². The molecule has 2 atom stereocenters. The summed E-state index contributed by atoms with van der Waals surface area (Å²) in [4.78, 5) is 24.3. The van der Waals surface area contributed by atoms with Gasteiger partial charge in [0.05, 0.1) is 6.10 Å². The summed E-state index contributed by atoms with van der Waals surface area (Å²) in [6.45, 7) is 7.37. The van der Waals surface area contributed by atoms with Gasteiger partial charge in [-0.1, -0.05) is 25.1 Å². The van der Waals surface area contributed by atoms with Crippen molar-refractivity contribution in [2.75, 3.05) is 5.32 Å². The molecule has 0 aromatic heterocycles. The van der Waals surface area contributed by atoms with Gasteiger partial charge in [0.25, 0.3) is 5.91 Å². The van der Waals surface area contributed by atoms with Crippen molar-refractivity contribution in [3.63, 3.8) is 0 Å². The van der Waals surface area contributed by atoms with Crippen LogP contribution in [0.15, 0.2) is 48.5 Å². The van der Waals surface area contributed by atoms with Crippen LogP contribution in [0, 0.1) is 6.92 Å². The lowest BCUT2D eigenvalue weighted by molar-refractivity contribution is -0.155.